The smallest absolute Gasteiger partial charge is 0.272 e. The average molecular weight is 358 g/mol. The molecule has 0 N–H and O–H groups in total. The summed E-state index contributed by atoms with van der Waals surface area (Å²) in [7, 11) is 0. The fraction of sp³-hybridized carbons (Fsp3) is 0.176. The molecule has 0 saturated carbocycles. The Balaban J connectivity index is 1.74. The van der Waals surface area contributed by atoms with Gasteiger partial charge in [-0.3, -0.25) is 4.79 Å². The number of hydrogen-bond donors (Lipinski definition) is 0. The number of ether oxygens (including phenoxy) is 2. The van der Waals surface area contributed by atoms with Crippen LogP contribution in [0.25, 0.3) is 16.3 Å². The summed E-state index contributed by atoms with van der Waals surface area (Å²) in [6, 6.07) is 7.80. The topological polar surface area (TPSA) is 52.8 Å². The lowest BCUT2D eigenvalue weighted by molar-refractivity contribution is -0.113. The monoisotopic (exact) mass is 358 g/mol. The van der Waals surface area contributed by atoms with Crippen LogP contribution in [-0.2, 0) is 11.3 Å². The second kappa shape index (κ2) is 6.26. The highest BCUT2D eigenvalue weighted by atomic mass is 32.1. The Kier molecular flexibility index (Phi) is 3.95. The molecule has 0 aliphatic carbocycles. The van der Waals surface area contributed by atoms with Crippen molar-refractivity contribution in [2.45, 2.75) is 13.5 Å². The van der Waals surface area contributed by atoms with Gasteiger partial charge in [-0.25, -0.2) is 0 Å². The van der Waals surface area contributed by atoms with E-state index in [0.29, 0.717) is 4.80 Å². The van der Waals surface area contributed by atoms with E-state index in [1.54, 1.807) is 17.4 Å². The molecule has 2 aromatic heterocycles. The summed E-state index contributed by atoms with van der Waals surface area (Å²) in [5, 5.41) is 1.97. The van der Waals surface area contributed by atoms with Gasteiger partial charge in [0.15, 0.2) is 16.3 Å². The molecule has 122 valence electrons. The number of rotatable bonds is 3. The van der Waals surface area contributed by atoms with E-state index >= 15 is 0 Å². The van der Waals surface area contributed by atoms with Crippen LogP contribution in [-0.4, -0.2) is 17.3 Å². The molecule has 0 spiro atoms. The molecule has 1 amide bonds. The summed E-state index contributed by atoms with van der Waals surface area (Å²) in [5.41, 5.74) is 1.00. The number of thiophene rings is 1. The molecular weight excluding hydrogens is 344 g/mol. The molecule has 1 aliphatic rings. The summed E-state index contributed by atoms with van der Waals surface area (Å²) in [6.07, 6.45) is 3.29. The van der Waals surface area contributed by atoms with E-state index in [1.165, 1.54) is 17.4 Å². The molecule has 0 atom stereocenters. The number of aryl methyl sites for hydroxylation is 1. The predicted molar refractivity (Wildman–Crippen MR) is 95.5 cm³/mol. The van der Waals surface area contributed by atoms with Crippen LogP contribution in [0.2, 0.25) is 0 Å². The van der Waals surface area contributed by atoms with E-state index in [0.717, 1.165) is 33.1 Å². The van der Waals surface area contributed by atoms with Gasteiger partial charge in [0.1, 0.15) is 0 Å². The largest absolute Gasteiger partial charge is 0.454 e. The third-order valence-corrected chi connectivity index (χ3v) is 5.51. The lowest BCUT2D eigenvalue weighted by atomic mass is 10.3. The van der Waals surface area contributed by atoms with Gasteiger partial charge in [0.25, 0.3) is 5.91 Å². The fourth-order valence-electron chi connectivity index (χ4n) is 2.52. The van der Waals surface area contributed by atoms with Gasteiger partial charge in [0.2, 0.25) is 6.79 Å². The van der Waals surface area contributed by atoms with Gasteiger partial charge < -0.3 is 14.0 Å². The van der Waals surface area contributed by atoms with Crippen LogP contribution in [0, 0.1) is 0 Å². The summed E-state index contributed by atoms with van der Waals surface area (Å²) in [4.78, 5) is 18.1. The van der Waals surface area contributed by atoms with Gasteiger partial charge in [-0.15, -0.1) is 11.3 Å². The normalized spacial score (nSPS) is 14.1. The quantitative estimate of drug-likeness (QED) is 0.672. The molecule has 0 radical (unpaired) electrons. The van der Waals surface area contributed by atoms with Crippen LogP contribution in [0.4, 0.5) is 0 Å². The van der Waals surface area contributed by atoms with Crippen molar-refractivity contribution in [3.63, 3.8) is 0 Å². The van der Waals surface area contributed by atoms with Crippen LogP contribution >= 0.6 is 22.7 Å². The molecule has 7 heteroatoms. The molecule has 0 fully saturated rings. The van der Waals surface area contributed by atoms with Crippen molar-refractivity contribution < 1.29 is 14.3 Å². The lowest BCUT2D eigenvalue weighted by Gasteiger charge is -2.01. The Morgan fingerprint density at radius 1 is 1.38 bits per heavy atom. The Labute approximate surface area is 146 Å². The number of hydrogen-bond acceptors (Lipinski definition) is 5. The molecule has 1 aromatic carbocycles. The lowest BCUT2D eigenvalue weighted by Crippen LogP contribution is -2.15. The maximum absolute atomic E-state index is 12.1. The third-order valence-electron chi connectivity index (χ3n) is 3.63. The first-order chi connectivity index (χ1) is 11.7. The van der Waals surface area contributed by atoms with Crippen LogP contribution in [0.5, 0.6) is 11.5 Å². The molecule has 0 saturated heterocycles. The number of thiazole rings is 1. The van der Waals surface area contributed by atoms with Crippen LogP contribution in [0.15, 0.2) is 40.7 Å². The predicted octanol–water partition coefficient (Wildman–Crippen LogP) is 3.65. The second-order valence-electron chi connectivity index (χ2n) is 5.10. The Hall–Kier alpha value is -2.38. The summed E-state index contributed by atoms with van der Waals surface area (Å²) in [5.74, 6) is 1.21. The first-order valence-electron chi connectivity index (χ1n) is 7.48. The second-order valence-corrected chi connectivity index (χ2v) is 7.09. The zero-order chi connectivity index (χ0) is 16.5. The zero-order valence-electron chi connectivity index (χ0n) is 12.9. The number of nitrogens with zero attached hydrogens (tertiary/aromatic N) is 2. The number of carbonyl (C=O) groups excluding carboxylic acids is 1. The number of amides is 1. The standard InChI is InChI=1S/C17H14N2O3S2/c1-2-19-12-8-13-14(22-10-21-13)9-15(12)24-17(19)18-16(20)6-5-11-4-3-7-23-11/h3-9H,2,10H2,1H3. The molecule has 24 heavy (non-hydrogen) atoms. The first-order valence-corrected chi connectivity index (χ1v) is 9.17. The van der Waals surface area contributed by atoms with E-state index < -0.39 is 0 Å². The van der Waals surface area contributed by atoms with Crippen molar-refractivity contribution in [2.24, 2.45) is 4.99 Å². The third kappa shape index (κ3) is 2.76. The Morgan fingerprint density at radius 3 is 2.96 bits per heavy atom. The van der Waals surface area contributed by atoms with Gasteiger partial charge in [-0.1, -0.05) is 17.4 Å². The minimum atomic E-state index is -0.266. The SMILES string of the molecule is CCn1c(=NC(=O)C=Cc2cccs2)sc2cc3c(cc21)OCO3. The number of benzene rings is 1. The molecule has 5 nitrogen and oxygen atoms in total. The van der Waals surface area contributed by atoms with Crippen molar-refractivity contribution in [3.05, 3.63) is 45.4 Å². The van der Waals surface area contributed by atoms with Crippen LogP contribution in [0.1, 0.15) is 11.8 Å². The average Bonchev–Trinajstić information content (AvgIpc) is 3.29. The van der Waals surface area contributed by atoms with E-state index in [1.807, 2.05) is 41.1 Å². The molecule has 0 bridgehead atoms. The number of aromatic nitrogens is 1. The molecule has 4 rings (SSSR count). The summed E-state index contributed by atoms with van der Waals surface area (Å²) in [6.45, 7) is 3.00. The fourth-order valence-corrected chi connectivity index (χ4v) is 4.25. The van der Waals surface area contributed by atoms with Gasteiger partial charge in [-0.2, -0.15) is 4.99 Å². The Bertz CT molecular complexity index is 997. The molecule has 3 heterocycles. The van der Waals surface area contributed by atoms with E-state index in [4.69, 9.17) is 9.47 Å². The highest BCUT2D eigenvalue weighted by Crippen LogP contribution is 2.36. The summed E-state index contributed by atoms with van der Waals surface area (Å²) >= 11 is 3.06. The highest BCUT2D eigenvalue weighted by molar-refractivity contribution is 7.16. The minimum absolute atomic E-state index is 0.252. The first kappa shape index (κ1) is 15.2. The molecule has 3 aromatic rings. The van der Waals surface area contributed by atoms with Crippen molar-refractivity contribution in [1.82, 2.24) is 4.57 Å². The van der Waals surface area contributed by atoms with Crippen molar-refractivity contribution in [3.8, 4) is 11.5 Å². The van der Waals surface area contributed by atoms with E-state index in [2.05, 4.69) is 4.99 Å². The van der Waals surface area contributed by atoms with Gasteiger partial charge in [0.05, 0.1) is 10.2 Å². The van der Waals surface area contributed by atoms with Crippen LogP contribution in [0.3, 0.4) is 0 Å². The Morgan fingerprint density at radius 2 is 2.21 bits per heavy atom. The van der Waals surface area contributed by atoms with Crippen molar-refractivity contribution in [2.75, 3.05) is 6.79 Å². The van der Waals surface area contributed by atoms with E-state index in [-0.39, 0.29) is 12.7 Å². The summed E-state index contributed by atoms with van der Waals surface area (Å²) < 4.78 is 13.9. The molecule has 0 unspecified atom stereocenters. The zero-order valence-corrected chi connectivity index (χ0v) is 14.5. The maximum Gasteiger partial charge on any atom is 0.272 e. The van der Waals surface area contributed by atoms with Crippen molar-refractivity contribution in [1.29, 1.82) is 0 Å². The minimum Gasteiger partial charge on any atom is -0.454 e. The highest BCUT2D eigenvalue weighted by Gasteiger charge is 2.17. The van der Waals surface area contributed by atoms with Gasteiger partial charge >= 0.3 is 0 Å². The molecule has 1 aliphatic heterocycles. The van der Waals surface area contributed by atoms with Crippen molar-refractivity contribution >= 4 is 44.9 Å². The van der Waals surface area contributed by atoms with Crippen LogP contribution < -0.4 is 14.3 Å². The number of carbonyl (C=O) groups is 1. The van der Waals surface area contributed by atoms with Gasteiger partial charge in [-0.05, 0) is 24.4 Å². The van der Waals surface area contributed by atoms with E-state index in [9.17, 15) is 4.79 Å². The van der Waals surface area contributed by atoms with Gasteiger partial charge in [0, 0.05) is 29.6 Å². The maximum atomic E-state index is 12.1. The number of fused-ring (bicyclic) bond motifs is 2. The molecular formula is C17H14N2O3S2.